The van der Waals surface area contributed by atoms with Gasteiger partial charge in [0.05, 0.1) is 13.2 Å². The van der Waals surface area contributed by atoms with E-state index < -0.39 is 0 Å². The van der Waals surface area contributed by atoms with Gasteiger partial charge < -0.3 is 10.1 Å². The third kappa shape index (κ3) is 3.63. The molecule has 3 heteroatoms. The zero-order valence-electron chi connectivity index (χ0n) is 10.6. The first-order valence-corrected chi connectivity index (χ1v) is 5.79. The van der Waals surface area contributed by atoms with Crippen LogP contribution >= 0.6 is 0 Å². The van der Waals surface area contributed by atoms with Crippen LogP contribution in [0, 0.1) is 0 Å². The maximum absolute atomic E-state index is 11.5. The van der Waals surface area contributed by atoms with Crippen LogP contribution in [0.15, 0.2) is 36.4 Å². The number of nitrogens with one attached hydrogen (secondary N) is 1. The number of carbonyl (C=O) groups excluding carboxylic acids is 1. The summed E-state index contributed by atoms with van der Waals surface area (Å²) < 4.78 is 5.30. The Kier molecular flexibility index (Phi) is 5.27. The van der Waals surface area contributed by atoms with Crippen LogP contribution in [0.4, 0.5) is 0 Å². The molecule has 0 aromatic heterocycles. The molecule has 17 heavy (non-hydrogen) atoms. The lowest BCUT2D eigenvalue weighted by atomic mass is 10.0. The number of methoxy groups -OCH3 is 1. The van der Waals surface area contributed by atoms with E-state index >= 15 is 0 Å². The van der Waals surface area contributed by atoms with E-state index in [0.717, 1.165) is 17.7 Å². The van der Waals surface area contributed by atoms with Crippen LogP contribution in [0.3, 0.4) is 0 Å². The average molecular weight is 233 g/mol. The van der Waals surface area contributed by atoms with Crippen molar-refractivity contribution in [2.24, 2.45) is 0 Å². The predicted octanol–water partition coefficient (Wildman–Crippen LogP) is 2.84. The summed E-state index contributed by atoms with van der Waals surface area (Å²) in [6.07, 6.45) is 4.08. The Morgan fingerprint density at radius 2 is 2.18 bits per heavy atom. The minimum atomic E-state index is -0.0785. The quantitative estimate of drug-likeness (QED) is 0.794. The van der Waals surface area contributed by atoms with Gasteiger partial charge in [-0.15, -0.1) is 0 Å². The number of rotatable bonds is 5. The third-order valence-corrected chi connectivity index (χ3v) is 2.56. The number of hydrogen-bond acceptors (Lipinski definition) is 2. The fraction of sp³-hybridized carbons (Fsp3) is 0.357. The first-order chi connectivity index (χ1) is 8.22. The molecule has 0 fully saturated rings. The molecule has 1 aromatic rings. The zero-order chi connectivity index (χ0) is 12.7. The van der Waals surface area contributed by atoms with Crippen LogP contribution in [0.2, 0.25) is 0 Å². The largest absolute Gasteiger partial charge is 0.496 e. The Balaban J connectivity index is 2.89. The van der Waals surface area contributed by atoms with Crippen LogP contribution in [0.1, 0.15) is 31.9 Å². The molecule has 1 rings (SSSR count). The van der Waals surface area contributed by atoms with Gasteiger partial charge in [0.1, 0.15) is 5.75 Å². The summed E-state index contributed by atoms with van der Waals surface area (Å²) in [5, 5.41) is 2.95. The number of allylic oxidation sites excluding steroid dienone is 1. The molecule has 92 valence electrons. The smallest absolute Gasteiger partial charge is 0.244 e. The number of ether oxygens (including phenoxy) is 1. The van der Waals surface area contributed by atoms with Crippen molar-refractivity contribution in [1.82, 2.24) is 5.32 Å². The highest BCUT2D eigenvalue weighted by molar-refractivity contribution is 5.87. The van der Waals surface area contributed by atoms with Crippen LogP contribution in [-0.4, -0.2) is 13.0 Å². The van der Waals surface area contributed by atoms with Crippen molar-refractivity contribution in [2.75, 3.05) is 7.11 Å². The molecule has 1 unspecified atom stereocenters. The molecule has 0 bridgehead atoms. The van der Waals surface area contributed by atoms with Gasteiger partial charge in [-0.1, -0.05) is 31.2 Å². The summed E-state index contributed by atoms with van der Waals surface area (Å²) in [6.45, 7) is 3.86. The van der Waals surface area contributed by atoms with Crippen LogP contribution in [-0.2, 0) is 4.79 Å². The van der Waals surface area contributed by atoms with Crippen molar-refractivity contribution in [2.45, 2.75) is 26.3 Å². The van der Waals surface area contributed by atoms with Gasteiger partial charge in [-0.25, -0.2) is 0 Å². The number of amides is 1. The van der Waals surface area contributed by atoms with Crippen molar-refractivity contribution in [3.63, 3.8) is 0 Å². The lowest BCUT2D eigenvalue weighted by molar-refractivity contribution is -0.117. The summed E-state index contributed by atoms with van der Waals surface area (Å²) in [5.74, 6) is 0.727. The highest BCUT2D eigenvalue weighted by Crippen LogP contribution is 2.26. The van der Waals surface area contributed by atoms with Gasteiger partial charge in [0.2, 0.25) is 5.91 Å². The Labute approximate surface area is 102 Å². The molecule has 1 atom stereocenters. The highest BCUT2D eigenvalue weighted by Gasteiger charge is 2.14. The van der Waals surface area contributed by atoms with E-state index in [2.05, 4.69) is 5.32 Å². The Bertz CT molecular complexity index is 399. The summed E-state index contributed by atoms with van der Waals surface area (Å²) in [5.41, 5.74) is 1.01. The fourth-order valence-corrected chi connectivity index (χ4v) is 1.73. The molecule has 0 spiro atoms. The second-order valence-electron chi connectivity index (χ2n) is 3.71. The molecule has 0 heterocycles. The number of para-hydroxylation sites is 1. The van der Waals surface area contributed by atoms with Gasteiger partial charge in [0.15, 0.2) is 0 Å². The Hall–Kier alpha value is -1.77. The van der Waals surface area contributed by atoms with Crippen molar-refractivity contribution in [3.8, 4) is 5.75 Å². The molecule has 0 radical (unpaired) electrons. The lowest BCUT2D eigenvalue weighted by Crippen LogP contribution is -2.26. The highest BCUT2D eigenvalue weighted by atomic mass is 16.5. The maximum Gasteiger partial charge on any atom is 0.244 e. The fourth-order valence-electron chi connectivity index (χ4n) is 1.73. The summed E-state index contributed by atoms with van der Waals surface area (Å²) in [7, 11) is 1.64. The van der Waals surface area contributed by atoms with E-state index in [9.17, 15) is 4.79 Å². The molecule has 0 saturated heterocycles. The maximum atomic E-state index is 11.5. The molecule has 0 aliphatic rings. The van der Waals surface area contributed by atoms with Gasteiger partial charge in [-0.3, -0.25) is 4.79 Å². The molecular weight excluding hydrogens is 214 g/mol. The topological polar surface area (TPSA) is 38.3 Å². The van der Waals surface area contributed by atoms with Gasteiger partial charge in [0, 0.05) is 5.56 Å². The van der Waals surface area contributed by atoms with E-state index in [4.69, 9.17) is 4.74 Å². The lowest BCUT2D eigenvalue weighted by Gasteiger charge is -2.19. The summed E-state index contributed by atoms with van der Waals surface area (Å²) in [6, 6.07) is 7.73. The first kappa shape index (κ1) is 13.3. The van der Waals surface area contributed by atoms with E-state index in [1.807, 2.05) is 38.1 Å². The second-order valence-corrected chi connectivity index (χ2v) is 3.71. The molecular formula is C14H19NO2. The van der Waals surface area contributed by atoms with E-state index in [0.29, 0.717) is 0 Å². The van der Waals surface area contributed by atoms with Crippen LogP contribution in [0.25, 0.3) is 0 Å². The van der Waals surface area contributed by atoms with Gasteiger partial charge in [-0.05, 0) is 25.5 Å². The molecule has 0 aliphatic carbocycles. The summed E-state index contributed by atoms with van der Waals surface area (Å²) >= 11 is 0. The van der Waals surface area contributed by atoms with Crippen molar-refractivity contribution in [1.29, 1.82) is 0 Å². The van der Waals surface area contributed by atoms with Gasteiger partial charge >= 0.3 is 0 Å². The van der Waals surface area contributed by atoms with Gasteiger partial charge in [0.25, 0.3) is 0 Å². The molecule has 1 N–H and O–H groups in total. The average Bonchev–Trinajstić information content (AvgIpc) is 2.36. The van der Waals surface area contributed by atoms with Crippen molar-refractivity contribution in [3.05, 3.63) is 42.0 Å². The van der Waals surface area contributed by atoms with Crippen LogP contribution in [0.5, 0.6) is 5.75 Å². The monoisotopic (exact) mass is 233 g/mol. The molecule has 0 saturated carbocycles. The van der Waals surface area contributed by atoms with E-state index in [1.165, 1.54) is 6.08 Å². The summed E-state index contributed by atoms with van der Waals surface area (Å²) in [4.78, 5) is 11.5. The SMILES string of the molecule is CC=CC(=O)NC(CC)c1ccccc1OC. The molecule has 0 aliphatic heterocycles. The van der Waals surface area contributed by atoms with Crippen molar-refractivity contribution >= 4 is 5.91 Å². The van der Waals surface area contributed by atoms with Gasteiger partial charge in [-0.2, -0.15) is 0 Å². The number of carbonyl (C=O) groups is 1. The van der Waals surface area contributed by atoms with E-state index in [1.54, 1.807) is 13.2 Å². The third-order valence-electron chi connectivity index (χ3n) is 2.56. The standard InChI is InChI=1S/C14H19NO2/c1-4-8-14(16)15-12(5-2)11-9-6-7-10-13(11)17-3/h4,6-10,12H,5H2,1-3H3,(H,15,16). The van der Waals surface area contributed by atoms with E-state index in [-0.39, 0.29) is 11.9 Å². The number of hydrogen-bond donors (Lipinski definition) is 1. The molecule has 3 nitrogen and oxygen atoms in total. The minimum absolute atomic E-state index is 0.0187. The zero-order valence-corrected chi connectivity index (χ0v) is 10.6. The predicted molar refractivity (Wildman–Crippen MR) is 69.0 cm³/mol. The first-order valence-electron chi connectivity index (χ1n) is 5.79. The normalized spacial score (nSPS) is 12.4. The Morgan fingerprint density at radius 1 is 1.47 bits per heavy atom. The van der Waals surface area contributed by atoms with Crippen molar-refractivity contribution < 1.29 is 9.53 Å². The minimum Gasteiger partial charge on any atom is -0.496 e. The molecule has 1 aromatic carbocycles. The molecule has 1 amide bonds. The Morgan fingerprint density at radius 3 is 2.76 bits per heavy atom. The number of benzene rings is 1. The van der Waals surface area contributed by atoms with Crippen LogP contribution < -0.4 is 10.1 Å². The second kappa shape index (κ2) is 6.74.